The minimum atomic E-state index is -0.734. The van der Waals surface area contributed by atoms with Gasteiger partial charge in [-0.15, -0.1) is 0 Å². The van der Waals surface area contributed by atoms with E-state index in [1.54, 1.807) is 19.1 Å². The van der Waals surface area contributed by atoms with Crippen molar-refractivity contribution in [2.24, 2.45) is 0 Å². The molecule has 0 bridgehead atoms. The second kappa shape index (κ2) is 7.71. The van der Waals surface area contributed by atoms with Gasteiger partial charge in [-0.3, -0.25) is 0 Å². The molecule has 2 aromatic carbocycles. The monoisotopic (exact) mass is 250 g/mol. The zero-order valence-electron chi connectivity index (χ0n) is 9.58. The quantitative estimate of drug-likeness (QED) is 0.823. The van der Waals surface area contributed by atoms with Gasteiger partial charge in [-0.25, -0.2) is 0 Å². The molecule has 2 aromatic rings. The van der Waals surface area contributed by atoms with Crippen LogP contribution in [0, 0.1) is 0 Å². The normalized spacial score (nSPS) is 11.0. The molecule has 0 aliphatic rings. The molecule has 0 aromatic heterocycles. The highest BCUT2D eigenvalue weighted by Crippen LogP contribution is 2.09. The van der Waals surface area contributed by atoms with Gasteiger partial charge < -0.3 is 9.84 Å². The van der Waals surface area contributed by atoms with Gasteiger partial charge in [-0.05, 0) is 31.2 Å². The molecule has 0 aliphatic heterocycles. The standard InChI is InChI=1S/C8H10O2.C6H5Cl/c1-7(9)10-8-5-3-2-4-6-8;7-6-4-2-1-3-5-6/h2-7,9H,1H3;1-5H. The molecule has 1 atom stereocenters. The summed E-state index contributed by atoms with van der Waals surface area (Å²) in [7, 11) is 0. The van der Waals surface area contributed by atoms with Crippen molar-refractivity contribution in [3.63, 3.8) is 0 Å². The van der Waals surface area contributed by atoms with Crippen LogP contribution in [-0.4, -0.2) is 11.4 Å². The summed E-state index contributed by atoms with van der Waals surface area (Å²) in [6.45, 7) is 1.58. The number of ether oxygens (including phenoxy) is 1. The fourth-order valence-electron chi connectivity index (χ4n) is 1.11. The Labute approximate surface area is 106 Å². The lowest BCUT2D eigenvalue weighted by Crippen LogP contribution is -2.08. The maximum Gasteiger partial charge on any atom is 0.194 e. The lowest BCUT2D eigenvalue weighted by atomic mass is 10.3. The maximum atomic E-state index is 8.78. The first-order chi connectivity index (χ1) is 8.18. The predicted molar refractivity (Wildman–Crippen MR) is 70.2 cm³/mol. The molecule has 90 valence electrons. The summed E-state index contributed by atoms with van der Waals surface area (Å²) in [5.41, 5.74) is 0. The third-order valence-corrected chi connectivity index (χ3v) is 2.03. The molecule has 1 unspecified atom stereocenters. The number of hydrogen-bond acceptors (Lipinski definition) is 2. The van der Waals surface area contributed by atoms with E-state index in [1.807, 2.05) is 48.5 Å². The number of hydrogen-bond donors (Lipinski definition) is 1. The summed E-state index contributed by atoms with van der Waals surface area (Å²) in [4.78, 5) is 0. The molecule has 17 heavy (non-hydrogen) atoms. The van der Waals surface area contributed by atoms with Crippen LogP contribution in [0.25, 0.3) is 0 Å². The maximum absolute atomic E-state index is 8.78. The molecule has 0 saturated carbocycles. The molecule has 0 spiro atoms. The highest BCUT2D eigenvalue weighted by atomic mass is 35.5. The number of aliphatic hydroxyl groups excluding tert-OH is 1. The Balaban J connectivity index is 0.000000181. The van der Waals surface area contributed by atoms with Gasteiger partial charge in [0.15, 0.2) is 6.29 Å². The summed E-state index contributed by atoms with van der Waals surface area (Å²) in [6, 6.07) is 18.7. The van der Waals surface area contributed by atoms with Crippen LogP contribution in [0.5, 0.6) is 5.75 Å². The molecule has 0 radical (unpaired) electrons. The zero-order valence-corrected chi connectivity index (χ0v) is 10.3. The van der Waals surface area contributed by atoms with E-state index in [0.29, 0.717) is 5.75 Å². The van der Waals surface area contributed by atoms with E-state index in [4.69, 9.17) is 21.4 Å². The first-order valence-electron chi connectivity index (χ1n) is 5.29. The van der Waals surface area contributed by atoms with Gasteiger partial charge >= 0.3 is 0 Å². The fourth-order valence-corrected chi connectivity index (χ4v) is 1.26. The van der Waals surface area contributed by atoms with Gasteiger partial charge in [0, 0.05) is 5.02 Å². The number of para-hydroxylation sites is 1. The van der Waals surface area contributed by atoms with E-state index >= 15 is 0 Å². The second-order valence-electron chi connectivity index (χ2n) is 3.33. The molecule has 0 fully saturated rings. The summed E-state index contributed by atoms with van der Waals surface area (Å²) in [6.07, 6.45) is -0.734. The molecule has 3 heteroatoms. The average molecular weight is 251 g/mol. The van der Waals surface area contributed by atoms with Crippen molar-refractivity contribution in [1.29, 1.82) is 0 Å². The first kappa shape index (κ1) is 13.6. The molecule has 2 nitrogen and oxygen atoms in total. The van der Waals surface area contributed by atoms with Crippen LogP contribution in [0.2, 0.25) is 5.02 Å². The Hall–Kier alpha value is -1.51. The zero-order chi connectivity index (χ0) is 12.5. The van der Waals surface area contributed by atoms with E-state index < -0.39 is 6.29 Å². The smallest absolute Gasteiger partial charge is 0.194 e. The van der Waals surface area contributed by atoms with Crippen molar-refractivity contribution in [1.82, 2.24) is 0 Å². The van der Waals surface area contributed by atoms with Crippen LogP contribution in [0.4, 0.5) is 0 Å². The van der Waals surface area contributed by atoms with Crippen LogP contribution in [-0.2, 0) is 0 Å². The van der Waals surface area contributed by atoms with Crippen LogP contribution in [0.1, 0.15) is 6.92 Å². The van der Waals surface area contributed by atoms with Gasteiger partial charge in [-0.2, -0.15) is 0 Å². The van der Waals surface area contributed by atoms with E-state index in [-0.39, 0.29) is 0 Å². The molecule has 0 saturated heterocycles. The van der Waals surface area contributed by atoms with Gasteiger partial charge in [0.2, 0.25) is 0 Å². The van der Waals surface area contributed by atoms with E-state index in [2.05, 4.69) is 0 Å². The Morgan fingerprint density at radius 2 is 1.41 bits per heavy atom. The fraction of sp³-hybridized carbons (Fsp3) is 0.143. The van der Waals surface area contributed by atoms with Gasteiger partial charge in [0.1, 0.15) is 5.75 Å². The van der Waals surface area contributed by atoms with E-state index in [9.17, 15) is 0 Å². The van der Waals surface area contributed by atoms with Crippen LogP contribution in [0.15, 0.2) is 60.7 Å². The third kappa shape index (κ3) is 6.61. The van der Waals surface area contributed by atoms with Crippen LogP contribution >= 0.6 is 11.6 Å². The average Bonchev–Trinajstić information content (AvgIpc) is 2.31. The topological polar surface area (TPSA) is 29.5 Å². The lowest BCUT2D eigenvalue weighted by Gasteiger charge is -2.06. The predicted octanol–water partition coefficient (Wildman–Crippen LogP) is 3.74. The molecule has 0 amide bonds. The first-order valence-corrected chi connectivity index (χ1v) is 5.66. The lowest BCUT2D eigenvalue weighted by molar-refractivity contribution is -0.000287. The highest BCUT2D eigenvalue weighted by Gasteiger charge is 1.94. The highest BCUT2D eigenvalue weighted by molar-refractivity contribution is 6.30. The largest absolute Gasteiger partial charge is 0.465 e. The van der Waals surface area contributed by atoms with Crippen molar-refractivity contribution < 1.29 is 9.84 Å². The van der Waals surface area contributed by atoms with Crippen molar-refractivity contribution in [3.05, 3.63) is 65.7 Å². The van der Waals surface area contributed by atoms with Crippen molar-refractivity contribution in [2.45, 2.75) is 13.2 Å². The summed E-state index contributed by atoms with van der Waals surface area (Å²) >= 11 is 5.54. The summed E-state index contributed by atoms with van der Waals surface area (Å²) in [5, 5.41) is 9.58. The Bertz CT molecular complexity index is 401. The molecular formula is C14H15ClO2. The SMILES string of the molecule is CC(O)Oc1ccccc1.Clc1ccccc1. The molecule has 0 heterocycles. The van der Waals surface area contributed by atoms with Gasteiger partial charge in [0.05, 0.1) is 0 Å². The minimum Gasteiger partial charge on any atom is -0.465 e. The summed E-state index contributed by atoms with van der Waals surface area (Å²) in [5.74, 6) is 0.692. The summed E-state index contributed by atoms with van der Waals surface area (Å²) < 4.78 is 4.97. The minimum absolute atomic E-state index is 0.692. The number of aliphatic hydroxyl groups is 1. The number of rotatable bonds is 2. The molecular weight excluding hydrogens is 236 g/mol. The molecule has 1 N–H and O–H groups in total. The van der Waals surface area contributed by atoms with Crippen LogP contribution in [0.3, 0.4) is 0 Å². The Morgan fingerprint density at radius 3 is 1.76 bits per heavy atom. The molecule has 2 rings (SSSR count). The Kier molecular flexibility index (Phi) is 6.15. The van der Waals surface area contributed by atoms with E-state index in [0.717, 1.165) is 5.02 Å². The number of halogens is 1. The van der Waals surface area contributed by atoms with Crippen molar-refractivity contribution >= 4 is 11.6 Å². The van der Waals surface area contributed by atoms with Gasteiger partial charge in [-0.1, -0.05) is 48.0 Å². The van der Waals surface area contributed by atoms with E-state index in [1.165, 1.54) is 0 Å². The van der Waals surface area contributed by atoms with Crippen molar-refractivity contribution in [2.75, 3.05) is 0 Å². The van der Waals surface area contributed by atoms with Crippen LogP contribution < -0.4 is 4.74 Å². The van der Waals surface area contributed by atoms with Crippen molar-refractivity contribution in [3.8, 4) is 5.75 Å². The molecule has 0 aliphatic carbocycles. The van der Waals surface area contributed by atoms with Gasteiger partial charge in [0.25, 0.3) is 0 Å². The Morgan fingerprint density at radius 1 is 0.941 bits per heavy atom. The third-order valence-electron chi connectivity index (χ3n) is 1.78. The number of benzene rings is 2. The second-order valence-corrected chi connectivity index (χ2v) is 3.76.